The molecule has 2 aromatic carbocycles. The van der Waals surface area contributed by atoms with Crippen LogP contribution in [-0.2, 0) is 4.43 Å². The molecule has 3 heteroatoms. The largest absolute Gasteiger partial charge is 0.403 e. The smallest absolute Gasteiger partial charge is 0.261 e. The van der Waals surface area contributed by atoms with Crippen LogP contribution < -0.4 is 10.4 Å². The van der Waals surface area contributed by atoms with Crippen LogP contribution >= 0.6 is 0 Å². The van der Waals surface area contributed by atoms with E-state index >= 15 is 0 Å². The Balaban J connectivity index is 2.33. The van der Waals surface area contributed by atoms with E-state index in [0.29, 0.717) is 6.61 Å². The number of allylic oxidation sites excluding steroid dienone is 2. The summed E-state index contributed by atoms with van der Waals surface area (Å²) < 4.78 is 6.95. The molecule has 2 rings (SSSR count). The Kier molecular flexibility index (Phi) is 8.63. The van der Waals surface area contributed by atoms with Gasteiger partial charge in [0.1, 0.15) is 0 Å². The lowest BCUT2D eigenvalue weighted by atomic mass is 10.1. The fraction of sp³-hybridized carbons (Fsp3) is 0.385. The van der Waals surface area contributed by atoms with Crippen LogP contribution in [-0.4, -0.2) is 26.6 Å². The van der Waals surface area contributed by atoms with E-state index in [4.69, 9.17) is 9.53 Å². The van der Waals surface area contributed by atoms with Crippen molar-refractivity contribution in [2.75, 3.05) is 13.2 Å². The predicted molar refractivity (Wildman–Crippen MR) is 127 cm³/mol. The van der Waals surface area contributed by atoms with Crippen LogP contribution in [0.15, 0.2) is 84.0 Å². The van der Waals surface area contributed by atoms with Crippen LogP contribution in [0.4, 0.5) is 0 Å². The molecule has 29 heavy (non-hydrogen) atoms. The van der Waals surface area contributed by atoms with Crippen molar-refractivity contribution in [2.45, 2.75) is 52.5 Å². The number of hydrogen-bond donors (Lipinski definition) is 1. The lowest BCUT2D eigenvalue weighted by molar-refractivity contribution is 0.329. The van der Waals surface area contributed by atoms with Crippen molar-refractivity contribution < 1.29 is 9.53 Å². The second-order valence-electron chi connectivity index (χ2n) is 8.77. The topological polar surface area (TPSA) is 29.5 Å². The Hall–Kier alpha value is -1.94. The summed E-state index contributed by atoms with van der Waals surface area (Å²) in [6.07, 6.45) is 6.09. The van der Waals surface area contributed by atoms with Crippen molar-refractivity contribution in [1.29, 1.82) is 0 Å². The molecule has 0 fully saturated rings. The van der Waals surface area contributed by atoms with Crippen LogP contribution in [0.25, 0.3) is 0 Å². The van der Waals surface area contributed by atoms with Gasteiger partial charge in [0.25, 0.3) is 8.32 Å². The first-order valence-electron chi connectivity index (χ1n) is 10.5. The predicted octanol–water partition coefficient (Wildman–Crippen LogP) is 5.23. The standard InChI is InChI=1S/C26H36O2Si/c1-22(19-20-27)13-12-14-23(2)21-28-29(26(3,4)5,24-15-8-6-9-16-24)25-17-10-7-11-18-25/h6-11,14-19,27H,12-13,20-21H2,1-5H3. The van der Waals surface area contributed by atoms with Gasteiger partial charge in [-0.1, -0.05) is 105 Å². The normalized spacial score (nSPS) is 13.6. The Morgan fingerprint density at radius 3 is 1.83 bits per heavy atom. The minimum atomic E-state index is -2.47. The number of aliphatic hydroxyl groups is 1. The first-order valence-corrected chi connectivity index (χ1v) is 12.4. The van der Waals surface area contributed by atoms with Crippen LogP contribution in [0.5, 0.6) is 0 Å². The first kappa shape index (κ1) is 23.3. The number of rotatable bonds is 9. The summed E-state index contributed by atoms with van der Waals surface area (Å²) in [6.45, 7) is 11.9. The van der Waals surface area contributed by atoms with Crippen molar-refractivity contribution in [1.82, 2.24) is 0 Å². The second-order valence-corrected chi connectivity index (χ2v) is 13.1. The SMILES string of the molecule is CC(=CCO)CCC=C(C)CO[Si](c1ccccc1)(c1ccccc1)C(C)(C)C. The van der Waals surface area contributed by atoms with Gasteiger partial charge in [-0.25, -0.2) is 0 Å². The molecule has 2 aromatic rings. The lowest BCUT2D eigenvalue weighted by Crippen LogP contribution is -2.66. The van der Waals surface area contributed by atoms with E-state index in [-0.39, 0.29) is 11.6 Å². The Labute approximate surface area is 178 Å². The molecule has 0 saturated heterocycles. The van der Waals surface area contributed by atoms with E-state index in [1.807, 2.05) is 6.08 Å². The number of aliphatic hydroxyl groups excluding tert-OH is 1. The Morgan fingerprint density at radius 1 is 0.862 bits per heavy atom. The molecule has 0 atom stereocenters. The number of benzene rings is 2. The van der Waals surface area contributed by atoms with Crippen LogP contribution in [0, 0.1) is 0 Å². The molecule has 0 aromatic heterocycles. The summed E-state index contributed by atoms with van der Waals surface area (Å²) in [5.74, 6) is 0. The van der Waals surface area contributed by atoms with Crippen molar-refractivity contribution in [3.8, 4) is 0 Å². The third kappa shape index (κ3) is 6.02. The first-order chi connectivity index (χ1) is 13.8. The zero-order valence-corrected chi connectivity index (χ0v) is 19.6. The Morgan fingerprint density at radius 2 is 1.38 bits per heavy atom. The molecule has 0 aliphatic heterocycles. The van der Waals surface area contributed by atoms with Crippen LogP contribution in [0.2, 0.25) is 5.04 Å². The van der Waals surface area contributed by atoms with Gasteiger partial charge in [-0.05, 0) is 42.1 Å². The summed E-state index contributed by atoms with van der Waals surface area (Å²) in [6, 6.07) is 21.5. The summed E-state index contributed by atoms with van der Waals surface area (Å²) in [4.78, 5) is 0. The molecule has 156 valence electrons. The van der Waals surface area contributed by atoms with Gasteiger partial charge in [0.2, 0.25) is 0 Å². The molecule has 2 nitrogen and oxygen atoms in total. The van der Waals surface area contributed by atoms with Gasteiger partial charge in [-0.3, -0.25) is 0 Å². The van der Waals surface area contributed by atoms with E-state index in [1.165, 1.54) is 21.5 Å². The Bertz CT molecular complexity index is 762. The molecule has 0 saturated carbocycles. The van der Waals surface area contributed by atoms with Gasteiger partial charge in [-0.15, -0.1) is 0 Å². The molecule has 0 aliphatic carbocycles. The molecule has 0 spiro atoms. The third-order valence-electron chi connectivity index (χ3n) is 5.40. The van der Waals surface area contributed by atoms with Gasteiger partial charge in [0.15, 0.2) is 0 Å². The molecule has 1 N–H and O–H groups in total. The van der Waals surface area contributed by atoms with Gasteiger partial charge < -0.3 is 9.53 Å². The van der Waals surface area contributed by atoms with Crippen molar-refractivity contribution in [3.63, 3.8) is 0 Å². The maximum Gasteiger partial charge on any atom is 0.261 e. The zero-order chi connectivity index (χ0) is 21.3. The van der Waals surface area contributed by atoms with E-state index in [2.05, 4.69) is 101 Å². The highest BCUT2D eigenvalue weighted by atomic mass is 28.4. The maximum absolute atomic E-state index is 9.00. The summed E-state index contributed by atoms with van der Waals surface area (Å²) in [5.41, 5.74) is 2.49. The highest BCUT2D eigenvalue weighted by molar-refractivity contribution is 6.99. The summed E-state index contributed by atoms with van der Waals surface area (Å²) in [7, 11) is -2.47. The average Bonchev–Trinajstić information content (AvgIpc) is 2.69. The zero-order valence-electron chi connectivity index (χ0n) is 18.6. The fourth-order valence-electron chi connectivity index (χ4n) is 3.85. The van der Waals surface area contributed by atoms with Crippen LogP contribution in [0.3, 0.4) is 0 Å². The minimum absolute atomic E-state index is 0.00353. The lowest BCUT2D eigenvalue weighted by Gasteiger charge is -2.43. The van der Waals surface area contributed by atoms with E-state index in [1.54, 1.807) is 0 Å². The van der Waals surface area contributed by atoms with E-state index in [9.17, 15) is 0 Å². The molecular formula is C26H36O2Si. The summed E-state index contributed by atoms with van der Waals surface area (Å²) >= 11 is 0. The van der Waals surface area contributed by atoms with Gasteiger partial charge in [0, 0.05) is 0 Å². The molecule has 0 heterocycles. The van der Waals surface area contributed by atoms with Gasteiger partial charge in [0.05, 0.1) is 13.2 Å². The number of hydrogen-bond acceptors (Lipinski definition) is 2. The molecule has 0 amide bonds. The van der Waals surface area contributed by atoms with Gasteiger partial charge in [-0.2, -0.15) is 0 Å². The van der Waals surface area contributed by atoms with Crippen molar-refractivity contribution in [3.05, 3.63) is 84.0 Å². The van der Waals surface area contributed by atoms with Crippen molar-refractivity contribution in [2.24, 2.45) is 0 Å². The quantitative estimate of drug-likeness (QED) is 0.455. The average molecular weight is 409 g/mol. The van der Waals surface area contributed by atoms with E-state index < -0.39 is 8.32 Å². The molecule has 0 aliphatic rings. The molecule has 0 unspecified atom stereocenters. The monoisotopic (exact) mass is 408 g/mol. The third-order valence-corrected chi connectivity index (χ3v) is 10.4. The van der Waals surface area contributed by atoms with Gasteiger partial charge >= 0.3 is 0 Å². The summed E-state index contributed by atoms with van der Waals surface area (Å²) in [5, 5.41) is 11.6. The highest BCUT2D eigenvalue weighted by Crippen LogP contribution is 2.37. The molecular weight excluding hydrogens is 372 g/mol. The molecule has 0 radical (unpaired) electrons. The van der Waals surface area contributed by atoms with E-state index in [0.717, 1.165) is 12.8 Å². The maximum atomic E-state index is 9.00. The van der Waals surface area contributed by atoms with Crippen LogP contribution in [0.1, 0.15) is 47.5 Å². The second kappa shape index (κ2) is 10.7. The highest BCUT2D eigenvalue weighted by Gasteiger charge is 2.50. The minimum Gasteiger partial charge on any atom is -0.403 e. The van der Waals surface area contributed by atoms with Crippen molar-refractivity contribution >= 4 is 18.7 Å². The molecule has 0 bridgehead atoms. The fourth-order valence-corrected chi connectivity index (χ4v) is 8.45.